The summed E-state index contributed by atoms with van der Waals surface area (Å²) >= 11 is 1.75. The van der Waals surface area contributed by atoms with Gasteiger partial charge in [0.05, 0.1) is 10.2 Å². The fourth-order valence-electron chi connectivity index (χ4n) is 1.49. The number of aromatic hydroxyl groups is 1. The maximum absolute atomic E-state index is 13.6. The van der Waals surface area contributed by atoms with Crippen molar-refractivity contribution >= 4 is 28.6 Å². The van der Waals surface area contributed by atoms with Crippen LogP contribution < -0.4 is 0 Å². The Hall–Kier alpha value is -1.71. The second-order valence-corrected chi connectivity index (χ2v) is 4.66. The molecule has 0 atom stereocenters. The maximum atomic E-state index is 13.6. The molecule has 0 radical (unpaired) electrons. The number of hydrogen-bond acceptors (Lipinski definition) is 5. The Balaban J connectivity index is 2.52. The van der Waals surface area contributed by atoms with E-state index in [9.17, 15) is 14.3 Å². The molecule has 2 aromatic rings. The van der Waals surface area contributed by atoms with E-state index in [1.165, 1.54) is 12.1 Å². The van der Waals surface area contributed by atoms with Crippen LogP contribution in [-0.4, -0.2) is 33.1 Å². The summed E-state index contributed by atoms with van der Waals surface area (Å²) in [4.78, 5) is 11.6. The van der Waals surface area contributed by atoms with Crippen molar-refractivity contribution in [1.82, 2.24) is 15.4 Å². The molecule has 0 aliphatic heterocycles. The Bertz CT molecular complexity index is 630. The van der Waals surface area contributed by atoms with Crippen LogP contribution in [0.15, 0.2) is 12.1 Å². The molecule has 0 amide bonds. The number of rotatable bonds is 3. The summed E-state index contributed by atoms with van der Waals surface area (Å²) in [6, 6.07) is 2.93. The molecule has 0 unspecified atom stereocenters. The average molecular weight is 377 g/mol. The molecular formula is C11H9FIN3O3. The summed E-state index contributed by atoms with van der Waals surface area (Å²) in [5.41, 5.74) is 0.0266. The van der Waals surface area contributed by atoms with Crippen LogP contribution in [0.2, 0.25) is 0 Å². The highest BCUT2D eigenvalue weighted by Crippen LogP contribution is 2.33. The molecule has 19 heavy (non-hydrogen) atoms. The van der Waals surface area contributed by atoms with Crippen LogP contribution >= 0.6 is 22.6 Å². The van der Waals surface area contributed by atoms with Crippen molar-refractivity contribution < 1.29 is 19.0 Å². The van der Waals surface area contributed by atoms with E-state index in [0.29, 0.717) is 0 Å². The van der Waals surface area contributed by atoms with E-state index in [-0.39, 0.29) is 27.1 Å². The number of esters is 1. The van der Waals surface area contributed by atoms with E-state index in [2.05, 4.69) is 15.4 Å². The molecule has 0 saturated heterocycles. The van der Waals surface area contributed by atoms with Crippen molar-refractivity contribution in [3.05, 3.63) is 27.2 Å². The highest BCUT2D eigenvalue weighted by atomic mass is 127. The fraction of sp³-hybridized carbons (Fsp3) is 0.182. The number of H-pyrrole nitrogens is 1. The van der Waals surface area contributed by atoms with Gasteiger partial charge in [-0.25, -0.2) is 9.18 Å². The molecule has 6 nitrogen and oxygen atoms in total. The monoisotopic (exact) mass is 377 g/mol. The van der Waals surface area contributed by atoms with Crippen LogP contribution in [0.1, 0.15) is 17.4 Å². The molecule has 0 saturated carbocycles. The second-order valence-electron chi connectivity index (χ2n) is 3.50. The summed E-state index contributed by atoms with van der Waals surface area (Å²) in [7, 11) is 0. The number of phenols is 1. The lowest BCUT2D eigenvalue weighted by Crippen LogP contribution is -2.07. The first kappa shape index (κ1) is 13.7. The second kappa shape index (κ2) is 5.51. The summed E-state index contributed by atoms with van der Waals surface area (Å²) < 4.78 is 18.7. The molecule has 1 aromatic carbocycles. The van der Waals surface area contributed by atoms with Crippen molar-refractivity contribution in [3.8, 4) is 17.0 Å². The van der Waals surface area contributed by atoms with Gasteiger partial charge >= 0.3 is 5.97 Å². The third kappa shape index (κ3) is 2.53. The number of carbonyl (C=O) groups is 1. The first-order valence-corrected chi connectivity index (χ1v) is 6.39. The maximum Gasteiger partial charge on any atom is 0.361 e. The molecular weight excluding hydrogens is 368 g/mol. The molecule has 0 bridgehead atoms. The van der Waals surface area contributed by atoms with Crippen molar-refractivity contribution in [2.45, 2.75) is 6.92 Å². The van der Waals surface area contributed by atoms with E-state index in [1.807, 2.05) is 0 Å². The van der Waals surface area contributed by atoms with Crippen LogP contribution in [0.3, 0.4) is 0 Å². The number of aromatic amines is 1. The normalized spacial score (nSPS) is 10.5. The zero-order valence-corrected chi connectivity index (χ0v) is 11.9. The number of ether oxygens (including phenoxy) is 1. The van der Waals surface area contributed by atoms with Crippen LogP contribution in [0, 0.1) is 9.39 Å². The van der Waals surface area contributed by atoms with Gasteiger partial charge in [-0.2, -0.15) is 10.3 Å². The van der Waals surface area contributed by atoms with E-state index in [4.69, 9.17) is 4.74 Å². The fourth-order valence-corrected chi connectivity index (χ4v) is 1.93. The average Bonchev–Trinajstić information content (AvgIpc) is 2.85. The van der Waals surface area contributed by atoms with E-state index in [1.54, 1.807) is 29.5 Å². The third-order valence-corrected chi connectivity index (χ3v) is 3.17. The number of aromatic nitrogens is 3. The van der Waals surface area contributed by atoms with Gasteiger partial charge in [0.25, 0.3) is 0 Å². The molecule has 0 aliphatic carbocycles. The lowest BCUT2D eigenvalue weighted by atomic mass is 10.1. The van der Waals surface area contributed by atoms with Gasteiger partial charge in [0.2, 0.25) is 0 Å². The SMILES string of the molecule is CCOC(=O)c1n[nH]nc1-c1ccc(I)c(F)c1O. The lowest BCUT2D eigenvalue weighted by molar-refractivity contribution is 0.0520. The van der Waals surface area contributed by atoms with Crippen LogP contribution in [-0.2, 0) is 4.74 Å². The van der Waals surface area contributed by atoms with Gasteiger partial charge in [-0.1, -0.05) is 0 Å². The summed E-state index contributed by atoms with van der Waals surface area (Å²) in [6.45, 7) is 1.83. The van der Waals surface area contributed by atoms with Gasteiger partial charge in [-0.3, -0.25) is 0 Å². The number of nitrogens with zero attached hydrogens (tertiary/aromatic N) is 2. The zero-order chi connectivity index (χ0) is 14.0. The molecule has 8 heteroatoms. The quantitative estimate of drug-likeness (QED) is 0.632. The van der Waals surface area contributed by atoms with Gasteiger partial charge < -0.3 is 9.84 Å². The van der Waals surface area contributed by atoms with Gasteiger partial charge in [0, 0.05) is 5.56 Å². The zero-order valence-electron chi connectivity index (χ0n) is 9.78. The number of phenolic OH excluding ortho intramolecular Hbond substituents is 1. The predicted octanol–water partition coefficient (Wildman–Crippen LogP) is 2.10. The summed E-state index contributed by atoms with van der Waals surface area (Å²) in [5, 5.41) is 19.4. The number of carbonyl (C=O) groups excluding carboxylic acids is 1. The standard InChI is InChI=1S/C11H9FIN3O3/c1-2-19-11(18)9-8(14-16-15-9)5-3-4-6(13)7(12)10(5)17/h3-4,17H,2H2,1H3,(H,14,15,16). The molecule has 100 valence electrons. The van der Waals surface area contributed by atoms with Crippen LogP contribution in [0.5, 0.6) is 5.75 Å². The van der Waals surface area contributed by atoms with E-state index < -0.39 is 17.5 Å². The number of halogens is 2. The lowest BCUT2D eigenvalue weighted by Gasteiger charge is -2.05. The molecule has 1 heterocycles. The predicted molar refractivity (Wildman–Crippen MR) is 72.1 cm³/mol. The highest BCUT2D eigenvalue weighted by molar-refractivity contribution is 14.1. The van der Waals surface area contributed by atoms with Crippen molar-refractivity contribution in [2.24, 2.45) is 0 Å². The van der Waals surface area contributed by atoms with Crippen LogP contribution in [0.25, 0.3) is 11.3 Å². The smallest absolute Gasteiger partial charge is 0.361 e. The molecule has 2 rings (SSSR count). The number of hydrogen-bond donors (Lipinski definition) is 2. The van der Waals surface area contributed by atoms with Crippen molar-refractivity contribution in [3.63, 3.8) is 0 Å². The Morgan fingerprint density at radius 2 is 2.26 bits per heavy atom. The Morgan fingerprint density at radius 1 is 1.53 bits per heavy atom. The van der Waals surface area contributed by atoms with Gasteiger partial charge in [0.15, 0.2) is 17.3 Å². The molecule has 1 aromatic heterocycles. The van der Waals surface area contributed by atoms with Crippen LogP contribution in [0.4, 0.5) is 4.39 Å². The topological polar surface area (TPSA) is 88.1 Å². The van der Waals surface area contributed by atoms with E-state index >= 15 is 0 Å². The molecule has 0 spiro atoms. The minimum absolute atomic E-state index is 0.0475. The summed E-state index contributed by atoms with van der Waals surface area (Å²) in [6.07, 6.45) is 0. The number of benzene rings is 1. The minimum atomic E-state index is -0.768. The van der Waals surface area contributed by atoms with Crippen molar-refractivity contribution in [1.29, 1.82) is 0 Å². The Morgan fingerprint density at radius 3 is 2.95 bits per heavy atom. The first-order chi connectivity index (χ1) is 9.06. The summed E-state index contributed by atoms with van der Waals surface area (Å²) in [5.74, 6) is -2.04. The molecule has 0 fully saturated rings. The Kier molecular flexibility index (Phi) is 3.98. The largest absolute Gasteiger partial charge is 0.504 e. The van der Waals surface area contributed by atoms with Gasteiger partial charge in [0.1, 0.15) is 5.69 Å². The molecule has 2 N–H and O–H groups in total. The van der Waals surface area contributed by atoms with E-state index in [0.717, 1.165) is 0 Å². The third-order valence-electron chi connectivity index (χ3n) is 2.34. The van der Waals surface area contributed by atoms with Crippen molar-refractivity contribution in [2.75, 3.05) is 6.61 Å². The minimum Gasteiger partial charge on any atom is -0.504 e. The van der Waals surface area contributed by atoms with Gasteiger partial charge in [-0.15, -0.1) is 5.10 Å². The highest BCUT2D eigenvalue weighted by Gasteiger charge is 2.23. The molecule has 0 aliphatic rings. The first-order valence-electron chi connectivity index (χ1n) is 5.31. The van der Waals surface area contributed by atoms with Gasteiger partial charge in [-0.05, 0) is 41.6 Å². The Labute approximate surface area is 121 Å². The number of nitrogens with one attached hydrogen (secondary N) is 1.